The molecule has 4 rings (SSSR count). The van der Waals surface area contributed by atoms with Gasteiger partial charge in [0.25, 0.3) is 11.8 Å². The van der Waals surface area contributed by atoms with Crippen molar-refractivity contribution in [3.05, 3.63) is 52.0 Å². The Morgan fingerprint density at radius 3 is 2.29 bits per heavy atom. The van der Waals surface area contributed by atoms with E-state index in [1.165, 1.54) is 4.90 Å². The van der Waals surface area contributed by atoms with Crippen molar-refractivity contribution < 1.29 is 9.59 Å². The fourth-order valence-electron chi connectivity index (χ4n) is 3.60. The average Bonchev–Trinajstić information content (AvgIpc) is 2.74. The first-order chi connectivity index (χ1) is 15.0. The van der Waals surface area contributed by atoms with Gasteiger partial charge in [0, 0.05) is 47.2 Å². The molecule has 1 aliphatic heterocycles. The molecular formula is C21H20Cl2N6O2. The predicted octanol–water partition coefficient (Wildman–Crippen LogP) is 4.25. The standard InChI is InChI=1S/C21H20Cl2N6O2/c1-2-3-11-29-17(30)13-6-4-5-12-15(8-7-14(16(12)13)18(29)31)24-9-10-25-21-27-19(22)26-20(23)28-21/h4-8,24H,2-3,9-11H2,1H3,(H,25,26,27,28). The average molecular weight is 459 g/mol. The summed E-state index contributed by atoms with van der Waals surface area (Å²) in [4.78, 5) is 38.8. The monoisotopic (exact) mass is 458 g/mol. The Balaban J connectivity index is 1.53. The summed E-state index contributed by atoms with van der Waals surface area (Å²) in [5, 5.41) is 7.91. The molecule has 1 aliphatic rings. The molecule has 10 heteroatoms. The molecule has 1 aromatic heterocycles. The van der Waals surface area contributed by atoms with Gasteiger partial charge in [0.15, 0.2) is 0 Å². The Kier molecular flexibility index (Phi) is 6.20. The smallest absolute Gasteiger partial charge is 0.261 e. The van der Waals surface area contributed by atoms with Crippen LogP contribution in [0.25, 0.3) is 10.8 Å². The Hall–Kier alpha value is -2.97. The summed E-state index contributed by atoms with van der Waals surface area (Å²) in [5.41, 5.74) is 1.94. The van der Waals surface area contributed by atoms with Crippen molar-refractivity contribution >= 4 is 57.4 Å². The van der Waals surface area contributed by atoms with E-state index in [9.17, 15) is 9.59 Å². The van der Waals surface area contributed by atoms with Crippen molar-refractivity contribution in [2.24, 2.45) is 0 Å². The van der Waals surface area contributed by atoms with Crippen molar-refractivity contribution in [2.45, 2.75) is 19.8 Å². The van der Waals surface area contributed by atoms with E-state index in [1.807, 2.05) is 25.1 Å². The van der Waals surface area contributed by atoms with Gasteiger partial charge >= 0.3 is 0 Å². The van der Waals surface area contributed by atoms with Crippen molar-refractivity contribution in [1.29, 1.82) is 0 Å². The maximum Gasteiger partial charge on any atom is 0.261 e. The van der Waals surface area contributed by atoms with E-state index in [4.69, 9.17) is 23.2 Å². The number of carbonyl (C=O) groups excluding carboxylic acids is 2. The molecule has 0 unspecified atom stereocenters. The molecular weight excluding hydrogens is 439 g/mol. The number of anilines is 2. The number of hydrogen-bond acceptors (Lipinski definition) is 7. The second kappa shape index (κ2) is 9.03. The number of aromatic nitrogens is 3. The summed E-state index contributed by atoms with van der Waals surface area (Å²) >= 11 is 11.5. The third-order valence-corrected chi connectivity index (χ3v) is 5.37. The minimum Gasteiger partial charge on any atom is -0.383 e. The number of hydrogen-bond donors (Lipinski definition) is 2. The van der Waals surface area contributed by atoms with Gasteiger partial charge < -0.3 is 10.6 Å². The molecule has 0 saturated heterocycles. The number of imide groups is 1. The molecule has 3 aromatic rings. The van der Waals surface area contributed by atoms with Gasteiger partial charge in [-0.25, -0.2) is 0 Å². The van der Waals surface area contributed by atoms with Crippen molar-refractivity contribution in [2.75, 3.05) is 30.3 Å². The lowest BCUT2D eigenvalue weighted by Gasteiger charge is -2.27. The van der Waals surface area contributed by atoms with Gasteiger partial charge in [-0.2, -0.15) is 15.0 Å². The van der Waals surface area contributed by atoms with Gasteiger partial charge in [0.2, 0.25) is 16.5 Å². The Morgan fingerprint density at radius 1 is 0.903 bits per heavy atom. The third kappa shape index (κ3) is 4.26. The minimum atomic E-state index is -0.237. The number of rotatable bonds is 8. The molecule has 2 aromatic carbocycles. The van der Waals surface area contributed by atoms with Crippen LogP contribution in [0.3, 0.4) is 0 Å². The second-order valence-electron chi connectivity index (χ2n) is 7.05. The summed E-state index contributed by atoms with van der Waals surface area (Å²) in [6.45, 7) is 3.48. The number of nitrogens with zero attached hydrogens (tertiary/aromatic N) is 4. The fourth-order valence-corrected chi connectivity index (χ4v) is 3.96. The van der Waals surface area contributed by atoms with Crippen LogP contribution in [0.2, 0.25) is 10.6 Å². The van der Waals surface area contributed by atoms with Crippen LogP contribution in [0, 0.1) is 0 Å². The number of amides is 2. The molecule has 0 spiro atoms. The summed E-state index contributed by atoms with van der Waals surface area (Å²) in [7, 11) is 0. The predicted molar refractivity (Wildman–Crippen MR) is 121 cm³/mol. The molecule has 0 fully saturated rings. The van der Waals surface area contributed by atoms with Crippen LogP contribution in [-0.2, 0) is 0 Å². The van der Waals surface area contributed by atoms with E-state index >= 15 is 0 Å². The summed E-state index contributed by atoms with van der Waals surface area (Å²) in [5.74, 6) is -0.190. The van der Waals surface area contributed by atoms with Crippen LogP contribution in [-0.4, -0.2) is 51.3 Å². The number of nitrogens with one attached hydrogen (secondary N) is 2. The van der Waals surface area contributed by atoms with Crippen LogP contribution >= 0.6 is 23.2 Å². The molecule has 2 N–H and O–H groups in total. The highest BCUT2D eigenvalue weighted by Crippen LogP contribution is 2.34. The maximum absolute atomic E-state index is 12.9. The summed E-state index contributed by atoms with van der Waals surface area (Å²) in [6, 6.07) is 9.17. The zero-order valence-electron chi connectivity index (χ0n) is 16.8. The first-order valence-corrected chi connectivity index (χ1v) is 10.7. The van der Waals surface area contributed by atoms with Gasteiger partial charge in [0.05, 0.1) is 0 Å². The zero-order chi connectivity index (χ0) is 22.0. The molecule has 0 aliphatic carbocycles. The third-order valence-electron chi connectivity index (χ3n) is 5.03. The quantitative estimate of drug-likeness (QED) is 0.384. The highest BCUT2D eigenvalue weighted by Gasteiger charge is 2.32. The van der Waals surface area contributed by atoms with Crippen LogP contribution in [0.1, 0.15) is 40.5 Å². The van der Waals surface area contributed by atoms with Gasteiger partial charge in [-0.3, -0.25) is 14.5 Å². The lowest BCUT2D eigenvalue weighted by molar-refractivity contribution is 0.0608. The van der Waals surface area contributed by atoms with E-state index in [1.54, 1.807) is 12.1 Å². The largest absolute Gasteiger partial charge is 0.383 e. The highest BCUT2D eigenvalue weighted by molar-refractivity contribution is 6.31. The van der Waals surface area contributed by atoms with Gasteiger partial charge in [-0.1, -0.05) is 25.5 Å². The van der Waals surface area contributed by atoms with E-state index in [0.29, 0.717) is 36.1 Å². The molecule has 31 heavy (non-hydrogen) atoms. The van der Waals surface area contributed by atoms with Crippen LogP contribution in [0.5, 0.6) is 0 Å². The number of unbranched alkanes of at least 4 members (excludes halogenated alkanes) is 1. The number of halogens is 2. The zero-order valence-corrected chi connectivity index (χ0v) is 18.3. The molecule has 0 bridgehead atoms. The van der Waals surface area contributed by atoms with Crippen LogP contribution in [0.15, 0.2) is 30.3 Å². The SMILES string of the molecule is CCCCN1C(=O)c2cccc3c(NCCNc4nc(Cl)nc(Cl)n4)ccc(c23)C1=O. The first-order valence-electron chi connectivity index (χ1n) is 9.96. The topological polar surface area (TPSA) is 100 Å². The summed E-state index contributed by atoms with van der Waals surface area (Å²) < 4.78 is 0. The maximum atomic E-state index is 12.9. The molecule has 0 saturated carbocycles. The summed E-state index contributed by atoms with van der Waals surface area (Å²) in [6.07, 6.45) is 1.70. The highest BCUT2D eigenvalue weighted by atomic mass is 35.5. The van der Waals surface area contributed by atoms with E-state index in [-0.39, 0.29) is 28.3 Å². The molecule has 2 amide bonds. The Morgan fingerprint density at radius 2 is 1.58 bits per heavy atom. The molecule has 2 heterocycles. The lowest BCUT2D eigenvalue weighted by Crippen LogP contribution is -2.40. The normalized spacial score (nSPS) is 13.1. The molecule has 160 valence electrons. The van der Waals surface area contributed by atoms with Crippen LogP contribution < -0.4 is 10.6 Å². The van der Waals surface area contributed by atoms with E-state index in [2.05, 4.69) is 25.6 Å². The number of carbonyl (C=O) groups is 2. The van der Waals surface area contributed by atoms with Gasteiger partial charge in [-0.05, 0) is 47.8 Å². The van der Waals surface area contributed by atoms with Crippen molar-refractivity contribution in [3.63, 3.8) is 0 Å². The van der Waals surface area contributed by atoms with E-state index < -0.39 is 0 Å². The van der Waals surface area contributed by atoms with E-state index in [0.717, 1.165) is 23.9 Å². The molecule has 0 atom stereocenters. The molecule has 8 nitrogen and oxygen atoms in total. The van der Waals surface area contributed by atoms with Crippen molar-refractivity contribution in [3.8, 4) is 0 Å². The molecule has 0 radical (unpaired) electrons. The van der Waals surface area contributed by atoms with Crippen molar-refractivity contribution in [1.82, 2.24) is 19.9 Å². The first kappa shape index (κ1) is 21.3. The number of benzene rings is 2. The van der Waals surface area contributed by atoms with Gasteiger partial charge in [0.1, 0.15) is 0 Å². The lowest BCUT2D eigenvalue weighted by atomic mass is 9.93. The fraction of sp³-hybridized carbons (Fsp3) is 0.286. The van der Waals surface area contributed by atoms with Gasteiger partial charge in [-0.15, -0.1) is 0 Å². The Labute approximate surface area is 189 Å². The minimum absolute atomic E-state index is 0.0151. The Bertz CT molecular complexity index is 1130. The second-order valence-corrected chi connectivity index (χ2v) is 7.73. The van der Waals surface area contributed by atoms with Crippen LogP contribution in [0.4, 0.5) is 11.6 Å².